The van der Waals surface area contributed by atoms with Gasteiger partial charge in [0.1, 0.15) is 0 Å². The Hall–Kier alpha value is 0.320. The van der Waals surface area contributed by atoms with Gasteiger partial charge in [0, 0.05) is 10.1 Å². The van der Waals surface area contributed by atoms with Crippen molar-refractivity contribution in [2.24, 2.45) is 0 Å². The molecule has 0 aromatic heterocycles. The molecule has 0 aliphatic carbocycles. The van der Waals surface area contributed by atoms with Crippen LogP contribution in [0, 0.1) is 6.92 Å². The third-order valence-corrected chi connectivity index (χ3v) is 0.982. The molecule has 0 spiro atoms. The maximum Gasteiger partial charge on any atom is 0.0326 e. The van der Waals surface area contributed by atoms with Crippen molar-refractivity contribution in [3.63, 3.8) is 0 Å². The molecule has 0 nitrogen and oxygen atoms in total. The van der Waals surface area contributed by atoms with Crippen LogP contribution in [0.4, 0.5) is 0 Å². The van der Waals surface area contributed by atoms with E-state index in [0.717, 1.165) is 0 Å². The predicted molar refractivity (Wildman–Crippen MR) is 29.8 cm³/mol. The summed E-state index contributed by atoms with van der Waals surface area (Å²) in [5.41, 5.74) is 0. The average molecular weight is 124 g/mol. The number of allylic oxidation sites excluding steroid dienone is 2. The molecule has 0 aliphatic rings. The fourth-order valence-electron chi connectivity index (χ4n) is 0. The maximum atomic E-state index is 5.30. The lowest BCUT2D eigenvalue weighted by Crippen LogP contribution is -1.58. The lowest BCUT2D eigenvalue weighted by atomic mass is 10.6. The fraction of sp³-hybridized carbons (Fsp3) is 0.250. The van der Waals surface area contributed by atoms with Gasteiger partial charge in [-0.3, -0.25) is 0 Å². The van der Waals surface area contributed by atoms with E-state index in [1.54, 1.807) is 6.92 Å². The standard InChI is InChI=1S/C4H5Cl2/c1-3(5)4(2)6/h1H2,2H3/b4-3-. The summed E-state index contributed by atoms with van der Waals surface area (Å²) in [5, 5.41) is 0.966. The quantitative estimate of drug-likeness (QED) is 0.465. The zero-order chi connectivity index (χ0) is 5.15. The van der Waals surface area contributed by atoms with Crippen LogP contribution in [0.1, 0.15) is 6.92 Å². The van der Waals surface area contributed by atoms with Crippen LogP contribution in [0.2, 0.25) is 0 Å². The molecule has 0 N–H and O–H groups in total. The monoisotopic (exact) mass is 123 g/mol. The van der Waals surface area contributed by atoms with Crippen molar-refractivity contribution >= 4 is 23.2 Å². The molecule has 0 atom stereocenters. The molecule has 0 fully saturated rings. The first-order valence-corrected chi connectivity index (χ1v) is 2.24. The molecular weight excluding hydrogens is 119 g/mol. The highest BCUT2D eigenvalue weighted by Crippen LogP contribution is 2.09. The van der Waals surface area contributed by atoms with Crippen LogP contribution in [-0.4, -0.2) is 0 Å². The molecule has 0 heterocycles. The maximum absolute atomic E-state index is 5.30. The number of hydrogen-bond donors (Lipinski definition) is 0. The first-order valence-electron chi connectivity index (χ1n) is 1.48. The molecule has 6 heavy (non-hydrogen) atoms. The number of halogens is 2. The second-order valence-corrected chi connectivity index (χ2v) is 1.96. The normalized spacial score (nSPS) is 14.0. The molecule has 0 saturated carbocycles. The van der Waals surface area contributed by atoms with Crippen LogP contribution in [0.3, 0.4) is 0 Å². The third kappa shape index (κ3) is 2.55. The van der Waals surface area contributed by atoms with Crippen molar-refractivity contribution < 1.29 is 0 Å². The Labute approximate surface area is 47.8 Å². The predicted octanol–water partition coefficient (Wildman–Crippen LogP) is 2.53. The molecule has 35 valence electrons. The van der Waals surface area contributed by atoms with E-state index in [4.69, 9.17) is 23.2 Å². The Morgan fingerprint density at radius 1 is 1.50 bits per heavy atom. The van der Waals surface area contributed by atoms with Gasteiger partial charge in [0.2, 0.25) is 0 Å². The minimum atomic E-state index is 0.414. The molecule has 0 aromatic rings. The van der Waals surface area contributed by atoms with E-state index in [2.05, 4.69) is 6.92 Å². The van der Waals surface area contributed by atoms with Gasteiger partial charge in [0.05, 0.1) is 0 Å². The summed E-state index contributed by atoms with van der Waals surface area (Å²) in [6.07, 6.45) is 0. The second kappa shape index (κ2) is 2.49. The molecule has 0 unspecified atom stereocenters. The van der Waals surface area contributed by atoms with Crippen LogP contribution in [0.25, 0.3) is 0 Å². The van der Waals surface area contributed by atoms with E-state index in [-0.39, 0.29) is 0 Å². The summed E-state index contributed by atoms with van der Waals surface area (Å²) in [6, 6.07) is 0. The van der Waals surface area contributed by atoms with Crippen molar-refractivity contribution in [3.05, 3.63) is 17.0 Å². The number of hydrogen-bond acceptors (Lipinski definition) is 0. The second-order valence-electron chi connectivity index (χ2n) is 0.938. The van der Waals surface area contributed by atoms with Crippen LogP contribution >= 0.6 is 23.2 Å². The van der Waals surface area contributed by atoms with E-state index < -0.39 is 0 Å². The molecule has 0 saturated heterocycles. The van der Waals surface area contributed by atoms with E-state index in [1.165, 1.54) is 0 Å². The minimum absolute atomic E-state index is 0.414. The smallest absolute Gasteiger partial charge is 0.0326 e. The van der Waals surface area contributed by atoms with Crippen LogP contribution in [0.15, 0.2) is 10.1 Å². The van der Waals surface area contributed by atoms with Crippen molar-refractivity contribution in [3.8, 4) is 0 Å². The minimum Gasteiger partial charge on any atom is -0.0882 e. The molecule has 0 amide bonds. The zero-order valence-corrected chi connectivity index (χ0v) is 4.97. The largest absolute Gasteiger partial charge is 0.0882 e. The van der Waals surface area contributed by atoms with E-state index in [1.807, 2.05) is 0 Å². The summed E-state index contributed by atoms with van der Waals surface area (Å²) in [6.45, 7) is 5.04. The van der Waals surface area contributed by atoms with Gasteiger partial charge < -0.3 is 0 Å². The van der Waals surface area contributed by atoms with Gasteiger partial charge in [0.25, 0.3) is 0 Å². The molecule has 0 rings (SSSR count). The Kier molecular flexibility index (Phi) is 2.62. The van der Waals surface area contributed by atoms with Gasteiger partial charge >= 0.3 is 0 Å². The van der Waals surface area contributed by atoms with Gasteiger partial charge in [-0.2, -0.15) is 0 Å². The highest BCUT2D eigenvalue weighted by atomic mass is 35.5. The summed E-state index contributed by atoms with van der Waals surface area (Å²) < 4.78 is 0. The molecule has 1 radical (unpaired) electrons. The van der Waals surface area contributed by atoms with Gasteiger partial charge in [-0.05, 0) is 13.8 Å². The average Bonchev–Trinajstić information content (AvgIpc) is 1.36. The Bertz CT molecular complexity index is 55.6. The topological polar surface area (TPSA) is 0 Å². The van der Waals surface area contributed by atoms with Crippen molar-refractivity contribution in [1.29, 1.82) is 0 Å². The Balaban J connectivity index is 3.68. The van der Waals surface area contributed by atoms with Gasteiger partial charge in [-0.25, -0.2) is 0 Å². The zero-order valence-electron chi connectivity index (χ0n) is 3.46. The van der Waals surface area contributed by atoms with E-state index >= 15 is 0 Å². The summed E-state index contributed by atoms with van der Waals surface area (Å²) in [5.74, 6) is 0. The van der Waals surface area contributed by atoms with Crippen molar-refractivity contribution in [2.45, 2.75) is 6.92 Å². The Morgan fingerprint density at radius 2 is 1.67 bits per heavy atom. The third-order valence-electron chi connectivity index (χ3n) is 0.374. The SMILES string of the molecule is [CH2]/C(Cl)=C(\C)Cl. The molecule has 0 aliphatic heterocycles. The lowest BCUT2D eigenvalue weighted by molar-refractivity contribution is 1.64. The summed E-state index contributed by atoms with van der Waals surface area (Å²) in [4.78, 5) is 0. The molecule has 2 heteroatoms. The first-order chi connectivity index (χ1) is 2.64. The van der Waals surface area contributed by atoms with Crippen LogP contribution in [0.5, 0.6) is 0 Å². The number of rotatable bonds is 0. The van der Waals surface area contributed by atoms with Gasteiger partial charge in [0.15, 0.2) is 0 Å². The molecule has 0 bridgehead atoms. The van der Waals surface area contributed by atoms with E-state index in [0.29, 0.717) is 10.1 Å². The van der Waals surface area contributed by atoms with E-state index in [9.17, 15) is 0 Å². The van der Waals surface area contributed by atoms with Gasteiger partial charge in [-0.1, -0.05) is 23.2 Å². The summed E-state index contributed by atoms with van der Waals surface area (Å²) in [7, 11) is 0. The lowest BCUT2D eigenvalue weighted by Gasteiger charge is -1.81. The van der Waals surface area contributed by atoms with Gasteiger partial charge in [-0.15, -0.1) is 0 Å². The van der Waals surface area contributed by atoms with Crippen molar-refractivity contribution in [2.75, 3.05) is 0 Å². The molecular formula is C4H5Cl2. The Morgan fingerprint density at radius 3 is 1.67 bits per heavy atom. The van der Waals surface area contributed by atoms with Crippen molar-refractivity contribution in [1.82, 2.24) is 0 Å². The summed E-state index contributed by atoms with van der Waals surface area (Å²) >= 11 is 10.5. The highest BCUT2D eigenvalue weighted by molar-refractivity contribution is 6.39. The first kappa shape index (κ1) is 6.32. The molecule has 0 aromatic carbocycles. The van der Waals surface area contributed by atoms with Crippen LogP contribution in [-0.2, 0) is 0 Å². The highest BCUT2D eigenvalue weighted by Gasteiger charge is 1.81. The van der Waals surface area contributed by atoms with Crippen LogP contribution < -0.4 is 0 Å². The fourth-order valence-corrected chi connectivity index (χ4v) is 0.